The summed E-state index contributed by atoms with van der Waals surface area (Å²) in [7, 11) is 0. The predicted octanol–water partition coefficient (Wildman–Crippen LogP) is 4.84. The van der Waals surface area contributed by atoms with E-state index in [4.69, 9.17) is 23.2 Å². The number of hydrogen-bond acceptors (Lipinski definition) is 1. The summed E-state index contributed by atoms with van der Waals surface area (Å²) in [5, 5.41) is 5.62. The van der Waals surface area contributed by atoms with Crippen LogP contribution in [0, 0.1) is 0 Å². The Labute approximate surface area is 139 Å². The van der Waals surface area contributed by atoms with Crippen molar-refractivity contribution in [3.8, 4) is 0 Å². The van der Waals surface area contributed by atoms with Crippen LogP contribution in [-0.2, 0) is 0 Å². The van der Waals surface area contributed by atoms with Gasteiger partial charge < -0.3 is 10.3 Å². The summed E-state index contributed by atoms with van der Waals surface area (Å²) in [5.41, 5.74) is 4.83. The Morgan fingerprint density at radius 2 is 1.82 bits per heavy atom. The quantitative estimate of drug-likeness (QED) is 0.647. The maximum absolute atomic E-state index is 6.45. The van der Waals surface area contributed by atoms with Gasteiger partial charge in [0.25, 0.3) is 0 Å². The molecule has 1 aromatic heterocycles. The van der Waals surface area contributed by atoms with Crippen LogP contribution in [0.25, 0.3) is 10.9 Å². The van der Waals surface area contributed by atoms with E-state index in [0.29, 0.717) is 5.88 Å². The summed E-state index contributed by atoms with van der Waals surface area (Å²) < 4.78 is 0. The minimum absolute atomic E-state index is 0.155. The van der Waals surface area contributed by atoms with E-state index in [-0.39, 0.29) is 12.0 Å². The second-order valence-electron chi connectivity index (χ2n) is 5.69. The van der Waals surface area contributed by atoms with E-state index in [0.717, 1.165) is 22.6 Å². The van der Waals surface area contributed by atoms with E-state index in [9.17, 15) is 0 Å². The van der Waals surface area contributed by atoms with Gasteiger partial charge >= 0.3 is 0 Å². The average molecular weight is 331 g/mol. The van der Waals surface area contributed by atoms with Crippen molar-refractivity contribution < 1.29 is 0 Å². The maximum Gasteiger partial charge on any atom is 0.0613 e. The predicted molar refractivity (Wildman–Crippen MR) is 93.1 cm³/mol. The highest BCUT2D eigenvalue weighted by molar-refractivity contribution is 6.31. The third kappa shape index (κ3) is 2.14. The first-order chi connectivity index (χ1) is 10.8. The largest absolute Gasteiger partial charge is 0.357 e. The van der Waals surface area contributed by atoms with Crippen LogP contribution in [0.2, 0.25) is 5.02 Å². The average Bonchev–Trinajstić information content (AvgIpc) is 2.94. The zero-order valence-electron chi connectivity index (χ0n) is 11.9. The van der Waals surface area contributed by atoms with Crippen molar-refractivity contribution in [2.24, 2.45) is 0 Å². The molecule has 0 spiro atoms. The Morgan fingerprint density at radius 1 is 1.05 bits per heavy atom. The number of aromatic nitrogens is 1. The third-order valence-corrected chi connectivity index (χ3v) is 5.13. The highest BCUT2D eigenvalue weighted by Gasteiger charge is 2.31. The molecule has 1 aliphatic heterocycles. The van der Waals surface area contributed by atoms with Crippen LogP contribution in [0.4, 0.5) is 0 Å². The van der Waals surface area contributed by atoms with Gasteiger partial charge in [0, 0.05) is 40.0 Å². The second kappa shape index (κ2) is 5.62. The summed E-state index contributed by atoms with van der Waals surface area (Å²) in [6, 6.07) is 16.7. The summed E-state index contributed by atoms with van der Waals surface area (Å²) >= 11 is 12.6. The van der Waals surface area contributed by atoms with E-state index >= 15 is 0 Å². The molecule has 0 saturated carbocycles. The number of halogens is 2. The van der Waals surface area contributed by atoms with Gasteiger partial charge in [-0.05, 0) is 23.3 Å². The molecule has 112 valence electrons. The lowest BCUT2D eigenvalue weighted by molar-refractivity contribution is 0.506. The summed E-state index contributed by atoms with van der Waals surface area (Å²) in [4.78, 5) is 3.55. The van der Waals surface area contributed by atoms with Gasteiger partial charge in [0.1, 0.15) is 0 Å². The zero-order chi connectivity index (χ0) is 15.1. The van der Waals surface area contributed by atoms with Crippen molar-refractivity contribution in [1.29, 1.82) is 0 Å². The monoisotopic (exact) mass is 330 g/mol. The SMILES string of the molecule is ClC[C@H]1NC[C@@H](c2ccccc2Cl)c2c1[nH]c1ccccc21. The second-order valence-corrected chi connectivity index (χ2v) is 6.40. The lowest BCUT2D eigenvalue weighted by Crippen LogP contribution is -2.34. The zero-order valence-corrected chi connectivity index (χ0v) is 13.5. The number of hydrogen-bond donors (Lipinski definition) is 2. The summed E-state index contributed by atoms with van der Waals surface area (Å²) in [6.07, 6.45) is 0. The summed E-state index contributed by atoms with van der Waals surface area (Å²) in [5.74, 6) is 0.786. The van der Waals surface area contributed by atoms with Gasteiger partial charge in [-0.25, -0.2) is 0 Å². The fourth-order valence-corrected chi connectivity index (χ4v) is 3.98. The van der Waals surface area contributed by atoms with Gasteiger partial charge in [-0.15, -0.1) is 11.6 Å². The first-order valence-corrected chi connectivity index (χ1v) is 8.35. The highest BCUT2D eigenvalue weighted by atomic mass is 35.5. The van der Waals surface area contributed by atoms with Crippen molar-refractivity contribution in [1.82, 2.24) is 10.3 Å². The summed E-state index contributed by atoms with van der Waals surface area (Å²) in [6.45, 7) is 0.843. The maximum atomic E-state index is 6.45. The fourth-order valence-electron chi connectivity index (χ4n) is 3.45. The molecule has 2 atom stereocenters. The van der Waals surface area contributed by atoms with E-state index in [2.05, 4.69) is 40.6 Å². The van der Waals surface area contributed by atoms with Crippen molar-refractivity contribution in [3.05, 3.63) is 70.4 Å². The number of fused-ring (bicyclic) bond motifs is 3. The molecule has 0 unspecified atom stereocenters. The minimum atomic E-state index is 0.155. The molecular formula is C18H16Cl2N2. The number of benzene rings is 2. The molecule has 3 aromatic rings. The minimum Gasteiger partial charge on any atom is -0.357 e. The van der Waals surface area contributed by atoms with Crippen molar-refractivity contribution in [2.45, 2.75) is 12.0 Å². The van der Waals surface area contributed by atoms with E-state index in [1.54, 1.807) is 0 Å². The Kier molecular flexibility index (Phi) is 3.61. The van der Waals surface area contributed by atoms with Crippen LogP contribution < -0.4 is 5.32 Å². The molecule has 2 aromatic carbocycles. The molecule has 0 aliphatic carbocycles. The highest BCUT2D eigenvalue weighted by Crippen LogP contribution is 2.41. The molecular weight excluding hydrogens is 315 g/mol. The molecule has 2 N–H and O–H groups in total. The van der Waals surface area contributed by atoms with Gasteiger partial charge in [0.2, 0.25) is 0 Å². The van der Waals surface area contributed by atoms with Gasteiger partial charge in [0.15, 0.2) is 0 Å². The lowest BCUT2D eigenvalue weighted by Gasteiger charge is -2.30. The van der Waals surface area contributed by atoms with Crippen molar-refractivity contribution in [3.63, 3.8) is 0 Å². The van der Waals surface area contributed by atoms with Crippen LogP contribution in [-0.4, -0.2) is 17.4 Å². The first-order valence-electron chi connectivity index (χ1n) is 7.44. The number of para-hydroxylation sites is 1. The molecule has 4 heteroatoms. The Balaban J connectivity index is 1.96. The molecule has 0 saturated heterocycles. The van der Waals surface area contributed by atoms with Crippen LogP contribution in [0.15, 0.2) is 48.5 Å². The van der Waals surface area contributed by atoms with E-state index in [1.807, 2.05) is 18.2 Å². The smallest absolute Gasteiger partial charge is 0.0613 e. The number of alkyl halides is 1. The molecule has 22 heavy (non-hydrogen) atoms. The molecule has 0 bridgehead atoms. The molecule has 2 nitrogen and oxygen atoms in total. The number of rotatable bonds is 2. The van der Waals surface area contributed by atoms with Crippen LogP contribution in [0.5, 0.6) is 0 Å². The van der Waals surface area contributed by atoms with Gasteiger partial charge in [-0.1, -0.05) is 48.0 Å². The Morgan fingerprint density at radius 3 is 2.64 bits per heavy atom. The van der Waals surface area contributed by atoms with Crippen LogP contribution >= 0.6 is 23.2 Å². The standard InChI is InChI=1S/C18H16Cl2N2/c19-9-16-18-17(12-6-2-4-8-15(12)22-18)13(10-21-16)11-5-1-3-7-14(11)20/h1-8,13,16,21-22H,9-10H2/t13-,16+/m0/s1. The Hall–Kier alpha value is -1.48. The fraction of sp³-hybridized carbons (Fsp3) is 0.222. The topological polar surface area (TPSA) is 27.8 Å². The third-order valence-electron chi connectivity index (χ3n) is 4.48. The van der Waals surface area contributed by atoms with Gasteiger partial charge in [-0.2, -0.15) is 0 Å². The molecule has 4 rings (SSSR count). The molecule has 1 aliphatic rings. The van der Waals surface area contributed by atoms with Gasteiger partial charge in [0.05, 0.1) is 6.04 Å². The van der Waals surface area contributed by atoms with Crippen molar-refractivity contribution >= 4 is 34.1 Å². The van der Waals surface area contributed by atoms with E-state index in [1.165, 1.54) is 16.6 Å². The first kappa shape index (κ1) is 14.1. The van der Waals surface area contributed by atoms with Crippen LogP contribution in [0.1, 0.15) is 28.8 Å². The number of aromatic amines is 1. The number of nitrogens with one attached hydrogen (secondary N) is 2. The van der Waals surface area contributed by atoms with E-state index < -0.39 is 0 Å². The lowest BCUT2D eigenvalue weighted by atomic mass is 9.85. The normalized spacial score (nSPS) is 21.0. The molecule has 0 radical (unpaired) electrons. The molecule has 2 heterocycles. The molecule has 0 fully saturated rings. The van der Waals surface area contributed by atoms with Gasteiger partial charge in [-0.3, -0.25) is 0 Å². The molecule has 0 amide bonds. The van der Waals surface area contributed by atoms with Crippen molar-refractivity contribution in [2.75, 3.05) is 12.4 Å². The number of H-pyrrole nitrogens is 1. The Bertz CT molecular complexity index is 825. The van der Waals surface area contributed by atoms with Crippen LogP contribution in [0.3, 0.4) is 0 Å².